The zero-order valence-corrected chi connectivity index (χ0v) is 16.1. The van der Waals surface area contributed by atoms with Crippen LogP contribution in [-0.2, 0) is 6.54 Å². The van der Waals surface area contributed by atoms with Crippen LogP contribution in [0.5, 0.6) is 5.75 Å². The first kappa shape index (κ1) is 18.5. The van der Waals surface area contributed by atoms with E-state index in [0.717, 1.165) is 16.9 Å². The fourth-order valence-corrected chi connectivity index (χ4v) is 2.90. The molecule has 0 unspecified atom stereocenters. The predicted octanol–water partition coefficient (Wildman–Crippen LogP) is 4.16. The number of nitrogens with zero attached hydrogens (tertiary/aromatic N) is 3. The average molecular weight is 388 g/mol. The van der Waals surface area contributed by atoms with Gasteiger partial charge in [-0.15, -0.1) is 5.10 Å². The molecule has 4 rings (SSSR count). The molecule has 0 aliphatic carbocycles. The van der Waals surface area contributed by atoms with Gasteiger partial charge in [-0.2, -0.15) is 9.67 Å². The minimum absolute atomic E-state index is 0.267. The number of hydrogen-bond donors (Lipinski definition) is 1. The Morgan fingerprint density at radius 1 is 1.14 bits per heavy atom. The Bertz CT molecular complexity index is 1120. The summed E-state index contributed by atoms with van der Waals surface area (Å²) in [5, 5.41) is 7.58. The number of benzene rings is 2. The quantitative estimate of drug-likeness (QED) is 0.534. The highest BCUT2D eigenvalue weighted by molar-refractivity contribution is 5.97. The van der Waals surface area contributed by atoms with Gasteiger partial charge in [-0.25, -0.2) is 0 Å². The summed E-state index contributed by atoms with van der Waals surface area (Å²) in [5.74, 6) is 1.70. The van der Waals surface area contributed by atoms with Gasteiger partial charge in [0.25, 0.3) is 5.91 Å². The lowest BCUT2D eigenvalue weighted by Gasteiger charge is -2.08. The molecule has 1 N–H and O–H groups in total. The normalized spacial score (nSPS) is 10.7. The van der Waals surface area contributed by atoms with Crippen molar-refractivity contribution in [2.24, 2.45) is 0 Å². The highest BCUT2D eigenvalue weighted by Crippen LogP contribution is 2.20. The number of ether oxygens (including phenoxy) is 1. The number of rotatable bonds is 6. The molecule has 2 heterocycles. The van der Waals surface area contributed by atoms with Crippen LogP contribution >= 0.6 is 0 Å². The van der Waals surface area contributed by atoms with E-state index >= 15 is 0 Å². The summed E-state index contributed by atoms with van der Waals surface area (Å²) in [4.78, 5) is 17.5. The van der Waals surface area contributed by atoms with Crippen LogP contribution in [-0.4, -0.2) is 27.8 Å². The van der Waals surface area contributed by atoms with E-state index < -0.39 is 0 Å². The molecule has 0 spiro atoms. The summed E-state index contributed by atoms with van der Waals surface area (Å²) in [6, 6.07) is 18.5. The lowest BCUT2D eigenvalue weighted by Crippen LogP contribution is -2.17. The Balaban J connectivity index is 1.64. The molecule has 29 heavy (non-hydrogen) atoms. The zero-order chi connectivity index (χ0) is 20.2. The van der Waals surface area contributed by atoms with E-state index in [0.29, 0.717) is 29.6 Å². The zero-order valence-electron chi connectivity index (χ0n) is 16.1. The first-order chi connectivity index (χ1) is 14.1. The molecule has 0 radical (unpaired) electrons. The molecule has 0 saturated heterocycles. The number of carbonyl (C=O) groups is 1. The lowest BCUT2D eigenvalue weighted by molar-refractivity contribution is 0.0947. The number of anilines is 1. The highest BCUT2D eigenvalue weighted by Gasteiger charge is 2.20. The second kappa shape index (κ2) is 8.02. The molecular weight excluding hydrogens is 368 g/mol. The number of hydrogen-bond acceptors (Lipinski definition) is 6. The fourth-order valence-electron chi connectivity index (χ4n) is 2.90. The van der Waals surface area contributed by atoms with Crippen molar-refractivity contribution in [1.82, 2.24) is 14.8 Å². The van der Waals surface area contributed by atoms with Crippen molar-refractivity contribution < 1.29 is 13.9 Å². The van der Waals surface area contributed by atoms with Gasteiger partial charge in [-0.05, 0) is 48.9 Å². The third-order valence-corrected chi connectivity index (χ3v) is 4.42. The number of aromatic nitrogens is 3. The number of furan rings is 1. The number of aryl methyl sites for hydroxylation is 1. The third-order valence-electron chi connectivity index (χ3n) is 4.42. The topological polar surface area (TPSA) is 82.2 Å². The molecular formula is C22H20N4O3. The van der Waals surface area contributed by atoms with Gasteiger partial charge in [-0.3, -0.25) is 4.79 Å². The molecule has 0 aliphatic heterocycles. The van der Waals surface area contributed by atoms with Gasteiger partial charge in [0.2, 0.25) is 11.8 Å². The molecule has 0 fully saturated rings. The van der Waals surface area contributed by atoms with Crippen LogP contribution in [0.3, 0.4) is 0 Å². The molecule has 146 valence electrons. The summed E-state index contributed by atoms with van der Waals surface area (Å²) in [6.07, 6.45) is 1.54. The van der Waals surface area contributed by atoms with E-state index in [4.69, 9.17) is 9.15 Å². The monoisotopic (exact) mass is 388 g/mol. The van der Waals surface area contributed by atoms with Crippen LogP contribution in [0.2, 0.25) is 0 Å². The summed E-state index contributed by atoms with van der Waals surface area (Å²) in [7, 11) is 1.63. The van der Waals surface area contributed by atoms with Crippen molar-refractivity contribution in [3.8, 4) is 17.3 Å². The van der Waals surface area contributed by atoms with Gasteiger partial charge in [0.05, 0.1) is 13.4 Å². The molecule has 2 aromatic heterocycles. The van der Waals surface area contributed by atoms with Crippen LogP contribution < -0.4 is 10.1 Å². The summed E-state index contributed by atoms with van der Waals surface area (Å²) in [5.41, 5.74) is 2.55. The fraction of sp³-hybridized carbons (Fsp3) is 0.136. The molecule has 0 saturated carbocycles. The number of nitrogens with one attached hydrogen (secondary N) is 1. The maximum Gasteiger partial charge on any atom is 0.281 e. The molecule has 7 nitrogen and oxygen atoms in total. The Kier molecular flexibility index (Phi) is 5.11. The minimum Gasteiger partial charge on any atom is -0.497 e. The van der Waals surface area contributed by atoms with Crippen LogP contribution in [0.4, 0.5) is 5.95 Å². The predicted molar refractivity (Wildman–Crippen MR) is 109 cm³/mol. The molecule has 4 aromatic rings. The average Bonchev–Trinajstić information content (AvgIpc) is 3.42. The largest absolute Gasteiger partial charge is 0.497 e. The van der Waals surface area contributed by atoms with Crippen LogP contribution in [0.25, 0.3) is 11.6 Å². The molecule has 0 atom stereocenters. The van der Waals surface area contributed by atoms with E-state index in [1.807, 2.05) is 49.4 Å². The Labute approximate surface area is 168 Å². The van der Waals surface area contributed by atoms with Crippen LogP contribution in [0.1, 0.15) is 21.5 Å². The SMILES string of the molecule is COc1ccc(CNc2nc(-c3ccco3)nn2C(=O)c2cccc(C)c2)cc1. The summed E-state index contributed by atoms with van der Waals surface area (Å²) >= 11 is 0. The van der Waals surface area contributed by atoms with Crippen molar-refractivity contribution in [2.75, 3.05) is 12.4 Å². The molecule has 0 aliphatic rings. The number of carbonyl (C=O) groups excluding carboxylic acids is 1. The van der Waals surface area contributed by atoms with E-state index in [1.165, 1.54) is 4.68 Å². The Morgan fingerprint density at radius 2 is 1.97 bits per heavy atom. The second-order valence-electron chi connectivity index (χ2n) is 6.52. The maximum atomic E-state index is 13.1. The van der Waals surface area contributed by atoms with Gasteiger partial charge in [0.1, 0.15) is 5.75 Å². The lowest BCUT2D eigenvalue weighted by atomic mass is 10.1. The first-order valence-electron chi connectivity index (χ1n) is 9.13. The van der Waals surface area contributed by atoms with E-state index in [9.17, 15) is 4.79 Å². The van der Waals surface area contributed by atoms with Gasteiger partial charge in [-0.1, -0.05) is 29.8 Å². The Morgan fingerprint density at radius 3 is 2.66 bits per heavy atom. The van der Waals surface area contributed by atoms with Crippen molar-refractivity contribution in [1.29, 1.82) is 0 Å². The number of methoxy groups -OCH3 is 1. The van der Waals surface area contributed by atoms with Crippen LogP contribution in [0.15, 0.2) is 71.3 Å². The first-order valence-corrected chi connectivity index (χ1v) is 9.13. The van der Waals surface area contributed by atoms with Crippen molar-refractivity contribution in [2.45, 2.75) is 13.5 Å². The Hall–Kier alpha value is -3.87. The molecule has 7 heteroatoms. The molecule has 0 bridgehead atoms. The molecule has 0 amide bonds. The van der Waals surface area contributed by atoms with Gasteiger partial charge in [0.15, 0.2) is 5.76 Å². The van der Waals surface area contributed by atoms with Crippen molar-refractivity contribution >= 4 is 11.9 Å². The minimum atomic E-state index is -0.267. The van der Waals surface area contributed by atoms with E-state index in [-0.39, 0.29) is 5.91 Å². The van der Waals surface area contributed by atoms with Gasteiger partial charge < -0.3 is 14.5 Å². The third kappa shape index (κ3) is 4.03. The second-order valence-corrected chi connectivity index (χ2v) is 6.52. The summed E-state index contributed by atoms with van der Waals surface area (Å²) in [6.45, 7) is 2.41. The smallest absolute Gasteiger partial charge is 0.281 e. The molecule has 2 aromatic carbocycles. The van der Waals surface area contributed by atoms with E-state index in [2.05, 4.69) is 15.4 Å². The van der Waals surface area contributed by atoms with E-state index in [1.54, 1.807) is 31.6 Å². The summed E-state index contributed by atoms with van der Waals surface area (Å²) < 4.78 is 11.8. The van der Waals surface area contributed by atoms with Crippen molar-refractivity contribution in [3.05, 3.63) is 83.6 Å². The van der Waals surface area contributed by atoms with Crippen LogP contribution in [0, 0.1) is 6.92 Å². The maximum absolute atomic E-state index is 13.1. The highest BCUT2D eigenvalue weighted by atomic mass is 16.5. The standard InChI is InChI=1S/C22H20N4O3/c1-15-5-3-6-17(13-15)21(27)26-22(24-20(25-26)19-7-4-12-29-19)23-14-16-8-10-18(28-2)11-9-16/h3-13H,14H2,1-2H3,(H,23,24,25). The van der Waals surface area contributed by atoms with Gasteiger partial charge >= 0.3 is 0 Å². The van der Waals surface area contributed by atoms with Crippen molar-refractivity contribution in [3.63, 3.8) is 0 Å². The van der Waals surface area contributed by atoms with Gasteiger partial charge in [0, 0.05) is 12.1 Å².